The van der Waals surface area contributed by atoms with Gasteiger partial charge in [-0.25, -0.2) is 4.39 Å². The predicted molar refractivity (Wildman–Crippen MR) is 120 cm³/mol. The van der Waals surface area contributed by atoms with Crippen molar-refractivity contribution < 1.29 is 13.9 Å². The van der Waals surface area contributed by atoms with Crippen LogP contribution in [0.5, 0.6) is 5.75 Å². The molecule has 3 aromatic carbocycles. The van der Waals surface area contributed by atoms with Crippen LogP contribution in [-0.4, -0.2) is 16.1 Å². The van der Waals surface area contributed by atoms with E-state index < -0.39 is 0 Å². The van der Waals surface area contributed by atoms with Crippen molar-refractivity contribution in [2.24, 2.45) is 0 Å². The van der Waals surface area contributed by atoms with Crippen LogP contribution in [0.4, 0.5) is 10.2 Å². The molecular weight excluding hydrogens is 393 g/mol. The van der Waals surface area contributed by atoms with E-state index in [2.05, 4.69) is 36.3 Å². The lowest BCUT2D eigenvalue weighted by atomic mass is 9.87. The molecule has 0 aliphatic rings. The highest BCUT2D eigenvalue weighted by Crippen LogP contribution is 2.27. The van der Waals surface area contributed by atoms with Gasteiger partial charge in [-0.15, -0.1) is 0 Å². The van der Waals surface area contributed by atoms with Gasteiger partial charge < -0.3 is 10.1 Å². The van der Waals surface area contributed by atoms with Crippen LogP contribution in [0.15, 0.2) is 66.7 Å². The van der Waals surface area contributed by atoms with E-state index >= 15 is 0 Å². The maximum absolute atomic E-state index is 13.8. The van der Waals surface area contributed by atoms with Gasteiger partial charge in [0.15, 0.2) is 5.82 Å². The minimum atomic E-state index is -0.308. The highest BCUT2D eigenvalue weighted by atomic mass is 19.1. The molecule has 0 aliphatic carbocycles. The molecule has 0 spiro atoms. The summed E-state index contributed by atoms with van der Waals surface area (Å²) in [5.41, 5.74) is 2.97. The summed E-state index contributed by atoms with van der Waals surface area (Å²) < 4.78 is 19.6. The van der Waals surface area contributed by atoms with Crippen molar-refractivity contribution in [3.05, 3.63) is 89.2 Å². The van der Waals surface area contributed by atoms with E-state index in [-0.39, 0.29) is 23.7 Å². The molecule has 5 nitrogen and oxygen atoms in total. The van der Waals surface area contributed by atoms with Crippen LogP contribution in [0.3, 0.4) is 0 Å². The molecule has 2 N–H and O–H groups in total. The number of anilines is 1. The number of benzene rings is 3. The summed E-state index contributed by atoms with van der Waals surface area (Å²) in [6.45, 7) is 6.50. The van der Waals surface area contributed by atoms with Gasteiger partial charge in [-0.1, -0.05) is 51.1 Å². The third-order valence-electron chi connectivity index (χ3n) is 5.13. The number of fused-ring (bicyclic) bond motifs is 1. The van der Waals surface area contributed by atoms with Crippen LogP contribution < -0.4 is 10.1 Å². The van der Waals surface area contributed by atoms with Crippen molar-refractivity contribution in [1.29, 1.82) is 0 Å². The van der Waals surface area contributed by atoms with Gasteiger partial charge in [0.1, 0.15) is 18.2 Å². The molecule has 0 radical (unpaired) electrons. The normalized spacial score (nSPS) is 11.5. The van der Waals surface area contributed by atoms with E-state index in [0.717, 1.165) is 11.1 Å². The van der Waals surface area contributed by atoms with Crippen LogP contribution in [0, 0.1) is 5.82 Å². The molecule has 6 heteroatoms. The van der Waals surface area contributed by atoms with Crippen molar-refractivity contribution in [2.45, 2.75) is 32.8 Å². The summed E-state index contributed by atoms with van der Waals surface area (Å²) in [6, 6.07) is 19.4. The first kappa shape index (κ1) is 20.6. The zero-order valence-electron chi connectivity index (χ0n) is 17.7. The number of hydrogen-bond donors (Lipinski definition) is 2. The average molecular weight is 417 g/mol. The van der Waals surface area contributed by atoms with E-state index in [4.69, 9.17) is 4.74 Å². The number of carbonyl (C=O) groups excluding carboxylic acids is 1. The number of aromatic nitrogens is 2. The van der Waals surface area contributed by atoms with Crippen molar-refractivity contribution >= 4 is 22.6 Å². The van der Waals surface area contributed by atoms with Gasteiger partial charge in [-0.2, -0.15) is 5.10 Å². The quantitative estimate of drug-likeness (QED) is 0.429. The van der Waals surface area contributed by atoms with Crippen LogP contribution in [0.25, 0.3) is 10.9 Å². The third kappa shape index (κ3) is 4.58. The summed E-state index contributed by atoms with van der Waals surface area (Å²) in [5, 5.41) is 10.7. The summed E-state index contributed by atoms with van der Waals surface area (Å²) in [5.74, 6) is 0.419. The first-order valence-electron chi connectivity index (χ1n) is 10.1. The number of rotatable bonds is 5. The van der Waals surface area contributed by atoms with E-state index in [1.54, 1.807) is 30.3 Å². The molecule has 0 saturated heterocycles. The first-order valence-corrected chi connectivity index (χ1v) is 10.1. The first-order chi connectivity index (χ1) is 14.8. The third-order valence-corrected chi connectivity index (χ3v) is 5.13. The molecule has 4 aromatic rings. The van der Waals surface area contributed by atoms with Gasteiger partial charge >= 0.3 is 0 Å². The molecule has 158 valence electrons. The van der Waals surface area contributed by atoms with Gasteiger partial charge in [0.05, 0.1) is 5.52 Å². The second-order valence-corrected chi connectivity index (χ2v) is 8.44. The number of nitrogens with zero attached hydrogens (tertiary/aromatic N) is 1. The van der Waals surface area contributed by atoms with Gasteiger partial charge in [-0.05, 0) is 47.4 Å². The topological polar surface area (TPSA) is 67.0 Å². The van der Waals surface area contributed by atoms with Crippen molar-refractivity contribution in [3.8, 4) is 5.75 Å². The molecule has 0 atom stereocenters. The van der Waals surface area contributed by atoms with E-state index in [1.165, 1.54) is 6.07 Å². The lowest BCUT2D eigenvalue weighted by Crippen LogP contribution is -2.14. The molecule has 1 aromatic heterocycles. The number of nitrogens with one attached hydrogen (secondary N) is 2. The number of hydrogen-bond acceptors (Lipinski definition) is 3. The second-order valence-electron chi connectivity index (χ2n) is 8.44. The van der Waals surface area contributed by atoms with Gasteiger partial charge in [0, 0.05) is 16.5 Å². The standard InChI is InChI=1S/C25H24FN3O2/c1-25(2,3)18-10-8-16(9-11-18)24(30)27-23-20-14-19(12-13-22(20)28-29-23)31-15-17-6-4-5-7-21(17)26/h4-14H,15H2,1-3H3,(H2,27,28,29,30). The minimum absolute atomic E-state index is 0.0203. The van der Waals surface area contributed by atoms with Crippen LogP contribution >= 0.6 is 0 Å². The zero-order valence-corrected chi connectivity index (χ0v) is 17.7. The number of ether oxygens (including phenoxy) is 1. The van der Waals surface area contributed by atoms with Gasteiger partial charge in [0.2, 0.25) is 0 Å². The number of aromatic amines is 1. The van der Waals surface area contributed by atoms with Crippen LogP contribution in [0.2, 0.25) is 0 Å². The lowest BCUT2D eigenvalue weighted by Gasteiger charge is -2.19. The van der Waals surface area contributed by atoms with Gasteiger partial charge in [0.25, 0.3) is 5.91 Å². The summed E-state index contributed by atoms with van der Waals surface area (Å²) >= 11 is 0. The average Bonchev–Trinajstić information content (AvgIpc) is 3.14. The molecule has 0 fully saturated rings. The minimum Gasteiger partial charge on any atom is -0.489 e. The van der Waals surface area contributed by atoms with Crippen molar-refractivity contribution in [1.82, 2.24) is 10.2 Å². The molecule has 0 saturated carbocycles. The Morgan fingerprint density at radius 3 is 2.52 bits per heavy atom. The Balaban J connectivity index is 1.51. The molecule has 1 amide bonds. The molecular formula is C25H24FN3O2. The van der Waals surface area contributed by atoms with E-state index in [9.17, 15) is 9.18 Å². The smallest absolute Gasteiger partial charge is 0.256 e. The predicted octanol–water partition coefficient (Wildman–Crippen LogP) is 5.83. The van der Waals surface area contributed by atoms with Crippen molar-refractivity contribution in [2.75, 3.05) is 5.32 Å². The highest BCUT2D eigenvalue weighted by molar-refractivity contribution is 6.08. The molecule has 0 bridgehead atoms. The molecule has 31 heavy (non-hydrogen) atoms. The monoisotopic (exact) mass is 417 g/mol. The number of amides is 1. The maximum Gasteiger partial charge on any atom is 0.256 e. The SMILES string of the molecule is CC(C)(C)c1ccc(C(=O)Nc2n[nH]c3ccc(OCc4ccccc4F)cc23)cc1. The Bertz CT molecular complexity index is 1220. The maximum atomic E-state index is 13.8. The van der Waals surface area contributed by atoms with E-state index in [1.807, 2.05) is 30.3 Å². The Hall–Kier alpha value is -3.67. The Kier molecular flexibility index (Phi) is 5.46. The fraction of sp³-hybridized carbons (Fsp3) is 0.200. The molecule has 0 aliphatic heterocycles. The summed E-state index contributed by atoms with van der Waals surface area (Å²) in [4.78, 5) is 12.7. The summed E-state index contributed by atoms with van der Waals surface area (Å²) in [7, 11) is 0. The lowest BCUT2D eigenvalue weighted by molar-refractivity contribution is 0.102. The number of halogens is 1. The van der Waals surface area contributed by atoms with Gasteiger partial charge in [-0.3, -0.25) is 9.89 Å². The summed E-state index contributed by atoms with van der Waals surface area (Å²) in [6.07, 6.45) is 0. The Morgan fingerprint density at radius 2 is 1.81 bits per heavy atom. The van der Waals surface area contributed by atoms with Crippen LogP contribution in [0.1, 0.15) is 42.3 Å². The molecule has 4 rings (SSSR count). The number of carbonyl (C=O) groups is 1. The molecule has 1 heterocycles. The zero-order chi connectivity index (χ0) is 22.0. The largest absolute Gasteiger partial charge is 0.489 e. The Labute approximate surface area is 180 Å². The fourth-order valence-electron chi connectivity index (χ4n) is 3.26. The van der Waals surface area contributed by atoms with Crippen LogP contribution in [-0.2, 0) is 12.0 Å². The fourth-order valence-corrected chi connectivity index (χ4v) is 3.26. The second kappa shape index (κ2) is 8.22. The highest BCUT2D eigenvalue weighted by Gasteiger charge is 2.16. The number of H-pyrrole nitrogens is 1. The van der Waals surface area contributed by atoms with E-state index in [0.29, 0.717) is 28.1 Å². The Morgan fingerprint density at radius 1 is 1.06 bits per heavy atom. The van der Waals surface area contributed by atoms with Crippen molar-refractivity contribution in [3.63, 3.8) is 0 Å². The molecule has 0 unspecified atom stereocenters.